The monoisotopic (exact) mass is 638 g/mol. The Labute approximate surface area is 292 Å². The van der Waals surface area contributed by atoms with E-state index in [0.717, 1.165) is 11.1 Å². The average molecular weight is 639 g/mol. The zero-order chi connectivity index (χ0) is 33.6. The van der Waals surface area contributed by atoms with Crippen LogP contribution in [0, 0.1) is 13.8 Å². The van der Waals surface area contributed by atoms with Gasteiger partial charge in [0, 0.05) is 24.8 Å². The SMILES string of the molecule is Cc1cc(-c2cccnc2)ccc1-c1c2ccccc2c(-c2ccc(-c3cccnc3)cc2C)c2cc(-c3ccc4ccccc4c3)ccc12. The Morgan fingerprint density at radius 1 is 0.340 bits per heavy atom. The first-order chi connectivity index (χ1) is 24.6. The van der Waals surface area contributed by atoms with E-state index in [-0.39, 0.29) is 0 Å². The number of aryl methyl sites for hydroxylation is 2. The predicted octanol–water partition coefficient (Wildman–Crippen LogP) is 12.9. The molecule has 2 nitrogen and oxygen atoms in total. The van der Waals surface area contributed by atoms with Crippen molar-refractivity contribution in [2.24, 2.45) is 0 Å². The zero-order valence-electron chi connectivity index (χ0n) is 28.1. The fraction of sp³-hybridized carbons (Fsp3) is 0.0417. The van der Waals surface area contributed by atoms with Crippen LogP contribution in [0.15, 0.2) is 170 Å². The summed E-state index contributed by atoms with van der Waals surface area (Å²) in [6, 6.07) is 53.3. The Bertz CT molecular complexity index is 2710. The first-order valence-corrected chi connectivity index (χ1v) is 17.1. The molecule has 2 aromatic heterocycles. The second-order valence-corrected chi connectivity index (χ2v) is 13.2. The molecule has 0 aliphatic carbocycles. The number of rotatable bonds is 5. The summed E-state index contributed by atoms with van der Waals surface area (Å²) < 4.78 is 0. The van der Waals surface area contributed by atoms with Gasteiger partial charge in [0.05, 0.1) is 0 Å². The maximum Gasteiger partial charge on any atom is 0.0346 e. The highest BCUT2D eigenvalue weighted by molar-refractivity contribution is 6.22. The summed E-state index contributed by atoms with van der Waals surface area (Å²) in [5.41, 5.74) is 14.5. The van der Waals surface area contributed by atoms with Gasteiger partial charge in [-0.3, -0.25) is 9.97 Å². The Morgan fingerprint density at radius 2 is 0.820 bits per heavy atom. The quantitative estimate of drug-likeness (QED) is 0.175. The van der Waals surface area contributed by atoms with E-state index in [2.05, 4.69) is 157 Å². The van der Waals surface area contributed by atoms with Crippen molar-refractivity contribution in [1.82, 2.24) is 9.97 Å². The third kappa shape index (κ3) is 5.14. The third-order valence-corrected chi connectivity index (χ3v) is 10.1. The minimum atomic E-state index is 1.12. The summed E-state index contributed by atoms with van der Waals surface area (Å²) in [6.45, 7) is 4.46. The first-order valence-electron chi connectivity index (χ1n) is 17.1. The normalized spacial score (nSPS) is 11.4. The van der Waals surface area contributed by atoms with Crippen LogP contribution in [0.2, 0.25) is 0 Å². The summed E-state index contributed by atoms with van der Waals surface area (Å²) in [6.07, 6.45) is 7.52. The van der Waals surface area contributed by atoms with E-state index >= 15 is 0 Å². The van der Waals surface area contributed by atoms with Crippen molar-refractivity contribution in [3.63, 3.8) is 0 Å². The van der Waals surface area contributed by atoms with Crippen LogP contribution in [0.1, 0.15) is 11.1 Å². The van der Waals surface area contributed by atoms with Crippen LogP contribution >= 0.6 is 0 Å². The van der Waals surface area contributed by atoms with Crippen LogP contribution in [0.4, 0.5) is 0 Å². The van der Waals surface area contributed by atoms with Crippen molar-refractivity contribution in [3.05, 3.63) is 182 Å². The van der Waals surface area contributed by atoms with Crippen molar-refractivity contribution < 1.29 is 0 Å². The molecule has 236 valence electrons. The molecule has 2 heterocycles. The first kappa shape index (κ1) is 29.7. The van der Waals surface area contributed by atoms with Gasteiger partial charge in [-0.05, 0) is 137 Å². The molecule has 0 amide bonds. The number of hydrogen-bond donors (Lipinski definition) is 0. The molecular weight excluding hydrogens is 605 g/mol. The molecule has 0 aliphatic rings. The summed E-state index contributed by atoms with van der Waals surface area (Å²) in [7, 11) is 0. The smallest absolute Gasteiger partial charge is 0.0346 e. The van der Waals surface area contributed by atoms with E-state index in [4.69, 9.17) is 0 Å². The van der Waals surface area contributed by atoms with Gasteiger partial charge >= 0.3 is 0 Å². The molecule has 0 saturated heterocycles. The van der Waals surface area contributed by atoms with Crippen molar-refractivity contribution in [1.29, 1.82) is 0 Å². The van der Waals surface area contributed by atoms with Gasteiger partial charge in [-0.25, -0.2) is 0 Å². The highest BCUT2D eigenvalue weighted by atomic mass is 14.6. The van der Waals surface area contributed by atoms with E-state index in [0.29, 0.717) is 0 Å². The van der Waals surface area contributed by atoms with Gasteiger partial charge in [-0.15, -0.1) is 0 Å². The second-order valence-electron chi connectivity index (χ2n) is 13.2. The molecular formula is C48H34N2. The average Bonchev–Trinajstić information content (AvgIpc) is 3.17. The van der Waals surface area contributed by atoms with E-state index in [9.17, 15) is 0 Å². The van der Waals surface area contributed by atoms with E-state index in [1.807, 2.05) is 36.9 Å². The number of hydrogen-bond acceptors (Lipinski definition) is 2. The van der Waals surface area contributed by atoms with Crippen molar-refractivity contribution in [2.45, 2.75) is 13.8 Å². The summed E-state index contributed by atoms with van der Waals surface area (Å²) >= 11 is 0. The third-order valence-electron chi connectivity index (χ3n) is 10.1. The van der Waals surface area contributed by atoms with Gasteiger partial charge in [0.25, 0.3) is 0 Å². The van der Waals surface area contributed by atoms with Gasteiger partial charge in [-0.2, -0.15) is 0 Å². The molecule has 50 heavy (non-hydrogen) atoms. The zero-order valence-corrected chi connectivity index (χ0v) is 28.1. The Morgan fingerprint density at radius 3 is 1.40 bits per heavy atom. The van der Waals surface area contributed by atoms with Crippen LogP contribution in [-0.2, 0) is 0 Å². The van der Waals surface area contributed by atoms with E-state index < -0.39 is 0 Å². The highest BCUT2D eigenvalue weighted by Gasteiger charge is 2.20. The minimum Gasteiger partial charge on any atom is -0.264 e. The lowest BCUT2D eigenvalue weighted by Gasteiger charge is -2.21. The molecule has 0 radical (unpaired) electrons. The molecule has 2 heteroatoms. The van der Waals surface area contributed by atoms with Gasteiger partial charge < -0.3 is 0 Å². The summed E-state index contributed by atoms with van der Waals surface area (Å²) in [5, 5.41) is 7.49. The number of pyridine rings is 2. The van der Waals surface area contributed by atoms with Crippen LogP contribution < -0.4 is 0 Å². The van der Waals surface area contributed by atoms with Crippen molar-refractivity contribution >= 4 is 32.3 Å². The molecule has 7 aromatic carbocycles. The van der Waals surface area contributed by atoms with Crippen LogP contribution in [0.5, 0.6) is 0 Å². The standard InChI is InChI=1S/C48H34N2/c1-31-25-35(39-11-7-23-49-29-39)17-20-41(31)47-43-13-5-6-14-44(43)48(42-21-18-36(26-32(42)2)40-12-8-24-50-30-40)46-28-38(19-22-45(46)47)37-16-15-33-9-3-4-10-34(33)27-37/h3-30H,1-2H3. The predicted molar refractivity (Wildman–Crippen MR) is 211 cm³/mol. The summed E-state index contributed by atoms with van der Waals surface area (Å²) in [5.74, 6) is 0. The van der Waals surface area contributed by atoms with Crippen molar-refractivity contribution in [2.75, 3.05) is 0 Å². The Balaban J connectivity index is 1.33. The lowest BCUT2D eigenvalue weighted by molar-refractivity contribution is 1.33. The molecule has 0 saturated carbocycles. The molecule has 9 aromatic rings. The maximum atomic E-state index is 4.38. The van der Waals surface area contributed by atoms with Crippen LogP contribution in [0.3, 0.4) is 0 Å². The largest absolute Gasteiger partial charge is 0.264 e. The molecule has 0 unspecified atom stereocenters. The summed E-state index contributed by atoms with van der Waals surface area (Å²) in [4.78, 5) is 8.74. The van der Waals surface area contributed by atoms with E-state index in [1.54, 1.807) is 0 Å². The van der Waals surface area contributed by atoms with Crippen LogP contribution in [-0.4, -0.2) is 9.97 Å². The molecule has 0 bridgehead atoms. The van der Waals surface area contributed by atoms with E-state index in [1.165, 1.54) is 88.0 Å². The molecule has 0 spiro atoms. The lowest BCUT2D eigenvalue weighted by atomic mass is 9.82. The molecule has 0 fully saturated rings. The Kier molecular flexibility index (Phi) is 7.29. The topological polar surface area (TPSA) is 25.8 Å². The maximum absolute atomic E-state index is 4.38. The molecule has 0 atom stereocenters. The van der Waals surface area contributed by atoms with Gasteiger partial charge in [-0.1, -0.05) is 121 Å². The van der Waals surface area contributed by atoms with Gasteiger partial charge in [0.2, 0.25) is 0 Å². The number of nitrogens with zero attached hydrogens (tertiary/aromatic N) is 2. The highest BCUT2D eigenvalue weighted by Crippen LogP contribution is 2.47. The van der Waals surface area contributed by atoms with Crippen molar-refractivity contribution in [3.8, 4) is 55.6 Å². The Hall–Kier alpha value is -6.38. The van der Waals surface area contributed by atoms with Gasteiger partial charge in [0.1, 0.15) is 0 Å². The number of aromatic nitrogens is 2. The lowest BCUT2D eigenvalue weighted by Crippen LogP contribution is -1.95. The second kappa shape index (κ2) is 12.3. The molecule has 0 aliphatic heterocycles. The fourth-order valence-corrected chi connectivity index (χ4v) is 7.62. The number of fused-ring (bicyclic) bond motifs is 3. The van der Waals surface area contributed by atoms with Gasteiger partial charge in [0.15, 0.2) is 0 Å². The van der Waals surface area contributed by atoms with Crippen LogP contribution in [0.25, 0.3) is 88.0 Å². The molecule has 9 rings (SSSR count). The fourth-order valence-electron chi connectivity index (χ4n) is 7.62. The minimum absolute atomic E-state index is 1.12. The number of benzene rings is 7. The molecule has 0 N–H and O–H groups in total.